The number of ether oxygens (including phenoxy) is 1. The highest BCUT2D eigenvalue weighted by atomic mass is 79.9. The molecule has 98 valence electrons. The molecule has 0 aliphatic heterocycles. The van der Waals surface area contributed by atoms with Crippen molar-refractivity contribution in [1.29, 1.82) is 0 Å². The van der Waals surface area contributed by atoms with E-state index >= 15 is 0 Å². The Balaban J connectivity index is 2.42. The number of anilines is 1. The summed E-state index contributed by atoms with van der Waals surface area (Å²) in [4.78, 5) is 14.1. The molecule has 0 spiro atoms. The van der Waals surface area contributed by atoms with E-state index in [0.29, 0.717) is 10.2 Å². The second kappa shape index (κ2) is 5.54. The maximum atomic E-state index is 10.9. The van der Waals surface area contributed by atoms with Gasteiger partial charge in [-0.3, -0.25) is 10.1 Å². The smallest absolute Gasteiger partial charge is 0.331 e. The lowest BCUT2D eigenvalue weighted by Gasteiger charge is -2.07. The van der Waals surface area contributed by atoms with Gasteiger partial charge in [-0.15, -0.1) is 0 Å². The molecule has 0 amide bonds. The number of nitro groups is 1. The summed E-state index contributed by atoms with van der Waals surface area (Å²) < 4.78 is 6.93. The first-order valence-corrected chi connectivity index (χ1v) is 6.60. The number of hydrogen-bond acceptors (Lipinski definition) is 5. The van der Waals surface area contributed by atoms with Crippen molar-refractivity contribution in [3.8, 4) is 11.6 Å². The third-order valence-electron chi connectivity index (χ3n) is 2.16. The molecule has 0 aliphatic carbocycles. The molecule has 0 atom stereocenters. The fraction of sp³-hybridized carbons (Fsp3) is 0. The first kappa shape index (κ1) is 13.8. The van der Waals surface area contributed by atoms with E-state index in [2.05, 4.69) is 36.8 Å². The zero-order valence-corrected chi connectivity index (χ0v) is 12.5. The van der Waals surface area contributed by atoms with Crippen molar-refractivity contribution in [2.24, 2.45) is 0 Å². The molecule has 1 heterocycles. The Kier molecular flexibility index (Phi) is 4.01. The largest absolute Gasteiger partial charge is 0.432 e. The third-order valence-corrected chi connectivity index (χ3v) is 3.27. The van der Waals surface area contributed by atoms with Crippen molar-refractivity contribution in [2.45, 2.75) is 0 Å². The zero-order chi connectivity index (χ0) is 14.0. The molecule has 0 saturated heterocycles. The normalized spacial score (nSPS) is 10.2. The minimum absolute atomic E-state index is 0.145. The quantitative estimate of drug-likeness (QED) is 0.636. The molecule has 1 aromatic carbocycles. The lowest BCUT2D eigenvalue weighted by atomic mass is 10.3. The van der Waals surface area contributed by atoms with Crippen LogP contribution in [0.25, 0.3) is 0 Å². The van der Waals surface area contributed by atoms with Crippen molar-refractivity contribution < 1.29 is 9.66 Å². The summed E-state index contributed by atoms with van der Waals surface area (Å²) in [6, 6.07) is 7.76. The first-order chi connectivity index (χ1) is 8.97. The van der Waals surface area contributed by atoms with Crippen molar-refractivity contribution in [3.05, 3.63) is 49.4 Å². The molecular formula is C11H7Br2N3O3. The second-order valence-electron chi connectivity index (χ2n) is 3.49. The van der Waals surface area contributed by atoms with Gasteiger partial charge in [-0.25, -0.2) is 0 Å². The Morgan fingerprint density at radius 1 is 1.26 bits per heavy atom. The van der Waals surface area contributed by atoms with E-state index in [-0.39, 0.29) is 17.4 Å². The molecule has 6 nitrogen and oxygen atoms in total. The number of pyridine rings is 1. The molecule has 2 rings (SSSR count). The molecular weight excluding hydrogens is 382 g/mol. The van der Waals surface area contributed by atoms with Crippen molar-refractivity contribution >= 4 is 43.4 Å². The number of hydrogen-bond donors (Lipinski definition) is 1. The molecule has 0 radical (unpaired) electrons. The zero-order valence-electron chi connectivity index (χ0n) is 9.34. The van der Waals surface area contributed by atoms with Crippen LogP contribution in [-0.2, 0) is 0 Å². The summed E-state index contributed by atoms with van der Waals surface area (Å²) in [7, 11) is 0. The van der Waals surface area contributed by atoms with E-state index in [4.69, 9.17) is 10.5 Å². The molecule has 0 aliphatic rings. The minimum Gasteiger partial charge on any atom is -0.432 e. The Hall–Kier alpha value is -1.67. The van der Waals surface area contributed by atoms with E-state index in [1.807, 2.05) is 0 Å². The summed E-state index contributed by atoms with van der Waals surface area (Å²) in [5.41, 5.74) is 5.26. The summed E-state index contributed by atoms with van der Waals surface area (Å²) >= 11 is 6.60. The molecule has 1 aromatic heterocycles. The Bertz CT molecular complexity index is 649. The summed E-state index contributed by atoms with van der Waals surface area (Å²) in [6.45, 7) is 0. The van der Waals surface area contributed by atoms with Gasteiger partial charge in [0.1, 0.15) is 11.6 Å². The van der Waals surface area contributed by atoms with Crippen LogP contribution in [0.4, 0.5) is 11.5 Å². The van der Waals surface area contributed by atoms with Crippen LogP contribution in [0, 0.1) is 10.1 Å². The van der Waals surface area contributed by atoms with Crippen LogP contribution in [0.2, 0.25) is 0 Å². The number of halogens is 2. The Morgan fingerprint density at radius 3 is 2.63 bits per heavy atom. The number of nitrogen functional groups attached to an aromatic ring is 1. The SMILES string of the molecule is Nc1ccc([N+](=O)[O-])c(Oc2ccc(Br)cc2Br)n1. The van der Waals surface area contributed by atoms with E-state index in [0.717, 1.165) is 4.47 Å². The molecule has 0 saturated carbocycles. The first-order valence-electron chi connectivity index (χ1n) is 5.01. The molecule has 2 N–H and O–H groups in total. The van der Waals surface area contributed by atoms with Crippen molar-refractivity contribution in [2.75, 3.05) is 5.73 Å². The monoisotopic (exact) mass is 387 g/mol. The van der Waals surface area contributed by atoms with Gasteiger partial charge in [0.05, 0.1) is 9.40 Å². The molecule has 0 fully saturated rings. The van der Waals surface area contributed by atoms with Crippen molar-refractivity contribution in [1.82, 2.24) is 4.98 Å². The number of nitrogens with two attached hydrogens (primary N) is 1. The Morgan fingerprint density at radius 2 is 2.00 bits per heavy atom. The summed E-state index contributed by atoms with van der Waals surface area (Å²) in [6.07, 6.45) is 0. The fourth-order valence-corrected chi connectivity index (χ4v) is 2.45. The highest BCUT2D eigenvalue weighted by molar-refractivity contribution is 9.11. The average molecular weight is 389 g/mol. The maximum absolute atomic E-state index is 10.9. The molecule has 0 unspecified atom stereocenters. The second-order valence-corrected chi connectivity index (χ2v) is 5.26. The van der Waals surface area contributed by atoms with Crippen LogP contribution in [0.5, 0.6) is 11.6 Å². The lowest BCUT2D eigenvalue weighted by molar-refractivity contribution is -0.386. The van der Waals surface area contributed by atoms with Gasteiger partial charge in [-0.05, 0) is 40.2 Å². The van der Waals surface area contributed by atoms with Gasteiger partial charge >= 0.3 is 11.6 Å². The molecule has 19 heavy (non-hydrogen) atoms. The summed E-state index contributed by atoms with van der Waals surface area (Å²) in [5, 5.41) is 10.9. The van der Waals surface area contributed by atoms with Gasteiger partial charge < -0.3 is 10.5 Å². The van der Waals surface area contributed by atoms with E-state index in [9.17, 15) is 10.1 Å². The van der Waals surface area contributed by atoms with Gasteiger partial charge in [0.2, 0.25) is 0 Å². The fourth-order valence-electron chi connectivity index (χ4n) is 1.32. The molecule has 0 bridgehead atoms. The van der Waals surface area contributed by atoms with Crippen molar-refractivity contribution in [3.63, 3.8) is 0 Å². The predicted molar refractivity (Wildman–Crippen MR) is 77.2 cm³/mol. The van der Waals surface area contributed by atoms with E-state index in [1.165, 1.54) is 12.1 Å². The number of rotatable bonds is 3. The van der Waals surface area contributed by atoms with Crippen LogP contribution in [0.15, 0.2) is 39.3 Å². The highest BCUT2D eigenvalue weighted by Gasteiger charge is 2.18. The van der Waals surface area contributed by atoms with E-state index in [1.54, 1.807) is 18.2 Å². The van der Waals surface area contributed by atoms with Gasteiger partial charge in [0.15, 0.2) is 0 Å². The number of nitrogens with zero attached hydrogens (tertiary/aromatic N) is 2. The van der Waals surface area contributed by atoms with Crippen LogP contribution >= 0.6 is 31.9 Å². The predicted octanol–water partition coefficient (Wildman–Crippen LogP) is 3.89. The average Bonchev–Trinajstić information content (AvgIpc) is 2.32. The summed E-state index contributed by atoms with van der Waals surface area (Å²) in [5.74, 6) is 0.409. The van der Waals surface area contributed by atoms with Crippen LogP contribution < -0.4 is 10.5 Å². The van der Waals surface area contributed by atoms with Gasteiger partial charge in [-0.2, -0.15) is 4.98 Å². The van der Waals surface area contributed by atoms with Crippen LogP contribution in [0.3, 0.4) is 0 Å². The number of aromatic nitrogens is 1. The van der Waals surface area contributed by atoms with Crippen LogP contribution in [0.1, 0.15) is 0 Å². The molecule has 2 aromatic rings. The Labute approximate surface area is 125 Å². The third kappa shape index (κ3) is 3.21. The van der Waals surface area contributed by atoms with Gasteiger partial charge in [0.25, 0.3) is 0 Å². The molecule has 8 heteroatoms. The highest BCUT2D eigenvalue weighted by Crippen LogP contribution is 2.35. The maximum Gasteiger partial charge on any atom is 0.331 e. The standard InChI is InChI=1S/C11H7Br2N3O3/c12-6-1-3-9(7(13)5-6)19-11-8(16(17)18)2-4-10(14)15-11/h1-5H,(H2,14,15). The lowest BCUT2D eigenvalue weighted by Crippen LogP contribution is -1.99. The van der Waals surface area contributed by atoms with Gasteiger partial charge in [0, 0.05) is 10.5 Å². The topological polar surface area (TPSA) is 91.3 Å². The van der Waals surface area contributed by atoms with Gasteiger partial charge in [-0.1, -0.05) is 15.9 Å². The van der Waals surface area contributed by atoms with Crippen LogP contribution in [-0.4, -0.2) is 9.91 Å². The number of benzene rings is 1. The minimum atomic E-state index is -0.575. The van der Waals surface area contributed by atoms with E-state index < -0.39 is 4.92 Å².